The first kappa shape index (κ1) is 46.2. The Labute approximate surface area is 356 Å². The number of allylic oxidation sites excluding steroid dienone is 1. The van der Waals surface area contributed by atoms with Gasteiger partial charge in [-0.15, -0.1) is 0 Å². The fourth-order valence-corrected chi connectivity index (χ4v) is 14.2. The molecule has 1 heterocycles. The smallest absolute Gasteiger partial charge is 0.323 e. The van der Waals surface area contributed by atoms with Crippen molar-refractivity contribution in [3.05, 3.63) is 35.9 Å². The zero-order valence-electron chi connectivity index (χ0n) is 37.1. The topological polar surface area (TPSA) is 200 Å². The van der Waals surface area contributed by atoms with Gasteiger partial charge < -0.3 is 30.4 Å². The Hall–Kier alpha value is -3.33. The van der Waals surface area contributed by atoms with Crippen molar-refractivity contribution in [3.8, 4) is 0 Å². The second kappa shape index (κ2) is 16.7. The molecule has 1 aromatic rings. The number of carboxylic acid groups (broad SMARTS) is 1. The predicted octanol–water partition coefficient (Wildman–Crippen LogP) is 6.85. The Balaban J connectivity index is 1.17. The molecule has 1 aromatic carbocycles. The molecule has 4 aliphatic carbocycles. The van der Waals surface area contributed by atoms with Crippen molar-refractivity contribution in [3.63, 3.8) is 0 Å². The van der Waals surface area contributed by atoms with E-state index in [9.17, 15) is 32.7 Å². The van der Waals surface area contributed by atoms with Crippen LogP contribution in [-0.4, -0.2) is 75.3 Å². The van der Waals surface area contributed by atoms with Gasteiger partial charge in [0.2, 0.25) is 15.9 Å². The lowest BCUT2D eigenvalue weighted by molar-refractivity contribution is -0.263. The molecule has 5 N–H and O–H groups in total. The van der Waals surface area contributed by atoms with E-state index in [-0.39, 0.29) is 52.4 Å². The van der Waals surface area contributed by atoms with Crippen LogP contribution in [0.4, 0.5) is 5.69 Å². The fraction of sp³-hybridized carbons (Fsp3) is 0.739. The van der Waals surface area contributed by atoms with Crippen LogP contribution in [-0.2, 0) is 43.4 Å². The van der Waals surface area contributed by atoms with Crippen LogP contribution in [0.1, 0.15) is 120 Å². The molecular weight excluding hydrogens is 787 g/mol. The number of benzene rings is 1. The standard InChI is InChI=1S/C46H69N3O10S/c1-27(2)28(3)42(6)21-22-44(8)33-17-18-37-43(7)25-57-26-46(37,34(33)19-20-45(44,9)38(42)40(52)53)24-36(58-30(5)51)39(43)59-41(54)35(47)12-10-11-23-48-60(55,56)32-15-13-31(14-16-32)49-29(4)50/h13-16,19,27-28,33,35-39,48H,10-12,17-18,20-26,47H2,1-9H3,(H,49,50)(H,52,53)/t28-,33+,35?,36-,37+,38-,39+,42-,43-,44-,45+,46+/m1/s1. The first-order valence-corrected chi connectivity index (χ1v) is 23.5. The van der Waals surface area contributed by atoms with Crippen LogP contribution in [0, 0.1) is 56.7 Å². The number of rotatable bonds is 14. The Kier molecular flexibility index (Phi) is 12.9. The summed E-state index contributed by atoms with van der Waals surface area (Å²) in [5, 5.41) is 13.6. The van der Waals surface area contributed by atoms with E-state index in [1.807, 2.05) is 0 Å². The highest BCUT2D eigenvalue weighted by molar-refractivity contribution is 7.89. The van der Waals surface area contributed by atoms with Crippen LogP contribution in [0.3, 0.4) is 0 Å². The summed E-state index contributed by atoms with van der Waals surface area (Å²) in [4.78, 5) is 51.3. The summed E-state index contributed by atoms with van der Waals surface area (Å²) >= 11 is 0. The second-order valence-electron chi connectivity index (χ2n) is 20.3. The largest absolute Gasteiger partial charge is 0.481 e. The Morgan fingerprint density at radius 1 is 0.950 bits per heavy atom. The predicted molar refractivity (Wildman–Crippen MR) is 227 cm³/mol. The van der Waals surface area contributed by atoms with Gasteiger partial charge in [-0.05, 0) is 116 Å². The molecule has 0 radical (unpaired) electrons. The molecular formula is C46H69N3O10S. The van der Waals surface area contributed by atoms with Gasteiger partial charge >= 0.3 is 17.9 Å². The average Bonchev–Trinajstić information content (AvgIpc) is 3.15. The third kappa shape index (κ3) is 7.85. The number of amides is 1. The molecule has 1 unspecified atom stereocenters. The highest BCUT2D eigenvalue weighted by Crippen LogP contribution is 2.75. The van der Waals surface area contributed by atoms with Crippen molar-refractivity contribution in [2.75, 3.05) is 25.1 Å². The van der Waals surface area contributed by atoms with E-state index in [4.69, 9.17) is 19.9 Å². The summed E-state index contributed by atoms with van der Waals surface area (Å²) in [5.41, 5.74) is 5.93. The number of hydrogen-bond acceptors (Lipinski definition) is 10. The zero-order valence-corrected chi connectivity index (χ0v) is 37.9. The van der Waals surface area contributed by atoms with Gasteiger partial charge in [-0.2, -0.15) is 0 Å². The molecule has 2 bridgehead atoms. The van der Waals surface area contributed by atoms with E-state index in [1.165, 1.54) is 43.7 Å². The number of unbranched alkanes of at least 4 members (excludes halogenated alkanes) is 1. The fourth-order valence-electron chi connectivity index (χ4n) is 13.1. The maximum Gasteiger partial charge on any atom is 0.323 e. The van der Waals surface area contributed by atoms with Gasteiger partial charge in [0.15, 0.2) is 0 Å². The van der Waals surface area contributed by atoms with Crippen LogP contribution in [0.15, 0.2) is 40.8 Å². The maximum absolute atomic E-state index is 13.8. The van der Waals surface area contributed by atoms with Crippen LogP contribution in [0.2, 0.25) is 0 Å². The molecule has 4 fully saturated rings. The molecule has 14 heteroatoms. The number of hydrogen-bond donors (Lipinski definition) is 4. The van der Waals surface area contributed by atoms with Crippen molar-refractivity contribution < 1.29 is 46.9 Å². The minimum absolute atomic E-state index is 0.0646. The zero-order chi connectivity index (χ0) is 44.2. The van der Waals surface area contributed by atoms with Crippen molar-refractivity contribution >= 4 is 39.5 Å². The lowest BCUT2D eigenvalue weighted by Crippen LogP contribution is -2.70. The van der Waals surface area contributed by atoms with E-state index >= 15 is 0 Å². The Morgan fingerprint density at radius 2 is 1.63 bits per heavy atom. The molecule has 1 amide bonds. The Morgan fingerprint density at radius 3 is 2.25 bits per heavy atom. The van der Waals surface area contributed by atoms with Crippen LogP contribution < -0.4 is 15.8 Å². The van der Waals surface area contributed by atoms with Gasteiger partial charge in [0.25, 0.3) is 0 Å². The highest BCUT2D eigenvalue weighted by Gasteiger charge is 2.72. The summed E-state index contributed by atoms with van der Waals surface area (Å²) in [7, 11) is -3.79. The Bertz CT molecular complexity index is 1970. The molecule has 0 spiro atoms. The first-order valence-electron chi connectivity index (χ1n) is 22.0. The van der Waals surface area contributed by atoms with E-state index in [0.29, 0.717) is 50.5 Å². The average molecular weight is 856 g/mol. The quantitative estimate of drug-likeness (QED) is 0.0867. The van der Waals surface area contributed by atoms with Crippen molar-refractivity contribution in [2.45, 2.75) is 143 Å². The number of esters is 2. The molecule has 5 aliphatic rings. The van der Waals surface area contributed by atoms with Gasteiger partial charge in [-0.1, -0.05) is 66.5 Å². The number of nitrogens with two attached hydrogens (primary N) is 1. The first-order chi connectivity index (χ1) is 28.0. The summed E-state index contributed by atoms with van der Waals surface area (Å²) in [6, 6.07) is 4.89. The number of fused-ring (bicyclic) bond motifs is 3. The lowest BCUT2D eigenvalue weighted by Gasteiger charge is -2.71. The number of nitrogens with one attached hydrogen (secondary N) is 2. The summed E-state index contributed by atoms with van der Waals surface area (Å²) in [6.45, 7) is 19.1. The molecule has 13 nitrogen and oxygen atoms in total. The molecule has 6 rings (SSSR count). The van der Waals surface area contributed by atoms with Gasteiger partial charge in [0, 0.05) is 36.9 Å². The minimum atomic E-state index is -3.79. The van der Waals surface area contributed by atoms with Crippen LogP contribution in [0.25, 0.3) is 0 Å². The van der Waals surface area contributed by atoms with E-state index in [0.717, 1.165) is 25.7 Å². The molecule has 3 saturated carbocycles. The number of carboxylic acids is 1. The molecule has 1 aliphatic heterocycles. The second-order valence-corrected chi connectivity index (χ2v) is 22.0. The number of ether oxygens (including phenoxy) is 3. The van der Waals surface area contributed by atoms with Crippen molar-refractivity contribution in [2.24, 2.45) is 62.4 Å². The molecule has 334 valence electrons. The maximum atomic E-state index is 13.8. The lowest BCUT2D eigenvalue weighted by atomic mass is 9.34. The van der Waals surface area contributed by atoms with Crippen LogP contribution >= 0.6 is 0 Å². The van der Waals surface area contributed by atoms with Gasteiger partial charge in [0.1, 0.15) is 18.2 Å². The molecule has 1 saturated heterocycles. The SMILES string of the molecule is CC(=O)Nc1ccc(S(=O)(=O)NCCCCC(N)C(=O)O[C@H]2[C@H](OC(C)=O)C[C@@]34COC[C@]2(C)[C@@H]3CC[C@H]2C4=CC[C@@]3(C)[C@H](C(=O)O)[C@@](C)([C@H](C)C(C)C)CC[C@]23C)cc1. The van der Waals surface area contributed by atoms with Gasteiger partial charge in [-0.3, -0.25) is 19.2 Å². The molecule has 60 heavy (non-hydrogen) atoms. The summed E-state index contributed by atoms with van der Waals surface area (Å²) in [5.74, 6) is -1.77. The van der Waals surface area contributed by atoms with E-state index in [1.54, 1.807) is 0 Å². The number of sulfonamides is 1. The monoisotopic (exact) mass is 855 g/mol. The normalized spacial score (nSPS) is 37.0. The van der Waals surface area contributed by atoms with Crippen molar-refractivity contribution in [1.29, 1.82) is 0 Å². The van der Waals surface area contributed by atoms with Gasteiger partial charge in [0.05, 0.1) is 24.0 Å². The third-order valence-corrected chi connectivity index (χ3v) is 18.1. The van der Waals surface area contributed by atoms with Gasteiger partial charge in [-0.25, -0.2) is 13.1 Å². The van der Waals surface area contributed by atoms with E-state index in [2.05, 4.69) is 64.6 Å². The minimum Gasteiger partial charge on any atom is -0.481 e. The van der Waals surface area contributed by atoms with E-state index < -0.39 is 68.3 Å². The summed E-state index contributed by atoms with van der Waals surface area (Å²) < 4.78 is 47.2. The number of carbonyl (C=O) groups excluding carboxylic acids is 3. The number of anilines is 1. The molecule has 0 aromatic heterocycles. The van der Waals surface area contributed by atoms with Crippen LogP contribution in [0.5, 0.6) is 0 Å². The van der Waals surface area contributed by atoms with Crippen molar-refractivity contribution in [1.82, 2.24) is 4.72 Å². The highest BCUT2D eigenvalue weighted by atomic mass is 32.2. The third-order valence-electron chi connectivity index (χ3n) is 16.7. The summed E-state index contributed by atoms with van der Waals surface area (Å²) in [6.07, 6.45) is 6.49. The number of aliphatic carboxylic acids is 1. The molecule has 12 atom stereocenters. The number of carbonyl (C=O) groups is 4.